The molecule has 0 amide bonds. The van der Waals surface area contributed by atoms with Crippen molar-refractivity contribution in [2.24, 2.45) is 0 Å². The summed E-state index contributed by atoms with van der Waals surface area (Å²) < 4.78 is 10.8. The Morgan fingerprint density at radius 1 is 0.895 bits per heavy atom. The molecule has 3 nitrogen and oxygen atoms in total. The molecular formula is C16H11NO2. The first-order valence-corrected chi connectivity index (χ1v) is 6.15. The van der Waals surface area contributed by atoms with Crippen LogP contribution in [0, 0.1) is 0 Å². The number of fused-ring (bicyclic) bond motifs is 2. The fourth-order valence-corrected chi connectivity index (χ4v) is 2.39. The zero-order chi connectivity index (χ0) is 12.7. The highest BCUT2D eigenvalue weighted by atomic mass is 16.7. The molecule has 0 saturated carbocycles. The summed E-state index contributed by atoms with van der Waals surface area (Å²) in [6.45, 7) is 0.293. The van der Waals surface area contributed by atoms with Gasteiger partial charge >= 0.3 is 0 Å². The lowest BCUT2D eigenvalue weighted by Gasteiger charge is -2.06. The Hall–Kier alpha value is -2.55. The van der Waals surface area contributed by atoms with Crippen molar-refractivity contribution in [3.8, 4) is 22.8 Å². The van der Waals surface area contributed by atoms with Gasteiger partial charge in [-0.2, -0.15) is 0 Å². The molecule has 3 heteroatoms. The lowest BCUT2D eigenvalue weighted by molar-refractivity contribution is 0.174. The average molecular weight is 249 g/mol. The van der Waals surface area contributed by atoms with Gasteiger partial charge in [0.05, 0.1) is 5.69 Å². The lowest BCUT2D eigenvalue weighted by atomic mass is 10.0. The van der Waals surface area contributed by atoms with Gasteiger partial charge in [0.25, 0.3) is 0 Å². The summed E-state index contributed by atoms with van der Waals surface area (Å²) in [5.74, 6) is 1.58. The molecule has 3 aromatic rings. The van der Waals surface area contributed by atoms with Crippen LogP contribution in [0.3, 0.4) is 0 Å². The Bertz CT molecular complexity index is 762. The summed E-state index contributed by atoms with van der Waals surface area (Å²) >= 11 is 0. The van der Waals surface area contributed by atoms with Crippen molar-refractivity contribution in [2.75, 3.05) is 6.79 Å². The van der Waals surface area contributed by atoms with E-state index in [-0.39, 0.29) is 0 Å². The number of pyridine rings is 1. The van der Waals surface area contributed by atoms with E-state index in [1.807, 2.05) is 42.6 Å². The van der Waals surface area contributed by atoms with Crippen molar-refractivity contribution in [1.82, 2.24) is 4.98 Å². The van der Waals surface area contributed by atoms with E-state index >= 15 is 0 Å². The van der Waals surface area contributed by atoms with Crippen molar-refractivity contribution in [1.29, 1.82) is 0 Å². The van der Waals surface area contributed by atoms with Gasteiger partial charge in [-0.25, -0.2) is 0 Å². The van der Waals surface area contributed by atoms with Gasteiger partial charge in [0.15, 0.2) is 11.5 Å². The topological polar surface area (TPSA) is 31.4 Å². The third kappa shape index (κ3) is 1.63. The normalized spacial score (nSPS) is 12.8. The maximum absolute atomic E-state index is 5.42. The van der Waals surface area contributed by atoms with Gasteiger partial charge in [-0.3, -0.25) is 4.98 Å². The molecule has 1 aromatic heterocycles. The highest BCUT2D eigenvalue weighted by molar-refractivity contribution is 5.94. The van der Waals surface area contributed by atoms with Crippen LogP contribution in [0.4, 0.5) is 0 Å². The molecule has 0 bridgehead atoms. The lowest BCUT2D eigenvalue weighted by Crippen LogP contribution is -1.92. The van der Waals surface area contributed by atoms with Crippen LogP contribution < -0.4 is 9.47 Å². The Kier molecular flexibility index (Phi) is 2.18. The van der Waals surface area contributed by atoms with Gasteiger partial charge in [0, 0.05) is 17.1 Å². The summed E-state index contributed by atoms with van der Waals surface area (Å²) in [5, 5.41) is 2.33. The first-order chi connectivity index (χ1) is 9.42. The molecule has 0 N–H and O–H groups in total. The number of benzene rings is 2. The van der Waals surface area contributed by atoms with Crippen LogP contribution in [0.5, 0.6) is 11.5 Å². The van der Waals surface area contributed by atoms with Crippen LogP contribution in [0.1, 0.15) is 0 Å². The molecule has 0 atom stereocenters. The molecule has 0 aliphatic carbocycles. The second-order valence-electron chi connectivity index (χ2n) is 4.45. The first-order valence-electron chi connectivity index (χ1n) is 6.15. The first kappa shape index (κ1) is 10.4. The molecule has 0 spiro atoms. The van der Waals surface area contributed by atoms with Crippen LogP contribution >= 0.6 is 0 Å². The van der Waals surface area contributed by atoms with Gasteiger partial charge in [-0.05, 0) is 29.7 Å². The summed E-state index contributed by atoms with van der Waals surface area (Å²) in [7, 11) is 0. The van der Waals surface area contributed by atoms with Crippen LogP contribution in [-0.2, 0) is 0 Å². The van der Waals surface area contributed by atoms with Crippen LogP contribution in [0.2, 0.25) is 0 Å². The molecule has 4 rings (SSSR count). The summed E-state index contributed by atoms with van der Waals surface area (Å²) in [4.78, 5) is 4.51. The van der Waals surface area contributed by atoms with E-state index in [0.29, 0.717) is 6.79 Å². The SMILES string of the molecule is c1ccc2c(-c3ccc4c(c3)OCO4)nccc2c1. The minimum absolute atomic E-state index is 0.293. The van der Waals surface area contributed by atoms with Gasteiger partial charge in [0.1, 0.15) is 0 Å². The fourth-order valence-electron chi connectivity index (χ4n) is 2.39. The van der Waals surface area contributed by atoms with Crippen molar-refractivity contribution >= 4 is 10.8 Å². The minimum atomic E-state index is 0.293. The summed E-state index contributed by atoms with van der Waals surface area (Å²) in [6.07, 6.45) is 1.84. The Morgan fingerprint density at radius 3 is 2.79 bits per heavy atom. The second kappa shape index (κ2) is 3.99. The predicted molar refractivity (Wildman–Crippen MR) is 73.3 cm³/mol. The van der Waals surface area contributed by atoms with Crippen LogP contribution in [-0.4, -0.2) is 11.8 Å². The third-order valence-corrected chi connectivity index (χ3v) is 3.32. The number of rotatable bonds is 1. The van der Waals surface area contributed by atoms with Gasteiger partial charge in [-0.1, -0.05) is 24.3 Å². The largest absolute Gasteiger partial charge is 0.454 e. The average Bonchev–Trinajstić information content (AvgIpc) is 2.94. The van der Waals surface area contributed by atoms with Crippen LogP contribution in [0.25, 0.3) is 22.0 Å². The van der Waals surface area contributed by atoms with Crippen molar-refractivity contribution in [3.63, 3.8) is 0 Å². The molecule has 2 aromatic carbocycles. The van der Waals surface area contributed by atoms with Crippen molar-refractivity contribution in [3.05, 3.63) is 54.7 Å². The number of nitrogens with zero attached hydrogens (tertiary/aromatic N) is 1. The van der Waals surface area contributed by atoms with Crippen LogP contribution in [0.15, 0.2) is 54.7 Å². The molecule has 92 valence electrons. The molecule has 0 radical (unpaired) electrons. The highest BCUT2D eigenvalue weighted by Crippen LogP contribution is 2.36. The zero-order valence-corrected chi connectivity index (χ0v) is 10.2. The predicted octanol–water partition coefficient (Wildman–Crippen LogP) is 3.63. The number of aromatic nitrogens is 1. The Balaban J connectivity index is 1.95. The van der Waals surface area contributed by atoms with E-state index in [0.717, 1.165) is 28.1 Å². The highest BCUT2D eigenvalue weighted by Gasteiger charge is 2.15. The Morgan fingerprint density at radius 2 is 1.79 bits per heavy atom. The molecule has 19 heavy (non-hydrogen) atoms. The van der Waals surface area contributed by atoms with E-state index in [2.05, 4.69) is 17.1 Å². The smallest absolute Gasteiger partial charge is 0.231 e. The summed E-state index contributed by atoms with van der Waals surface area (Å²) in [5.41, 5.74) is 2.01. The molecule has 0 saturated heterocycles. The maximum atomic E-state index is 5.42. The van der Waals surface area contributed by atoms with Gasteiger partial charge in [0.2, 0.25) is 6.79 Å². The number of hydrogen-bond donors (Lipinski definition) is 0. The van der Waals surface area contributed by atoms with Gasteiger partial charge < -0.3 is 9.47 Å². The molecule has 0 fully saturated rings. The fraction of sp³-hybridized carbons (Fsp3) is 0.0625. The monoisotopic (exact) mass is 249 g/mol. The quantitative estimate of drug-likeness (QED) is 0.660. The van der Waals surface area contributed by atoms with E-state index in [9.17, 15) is 0 Å². The minimum Gasteiger partial charge on any atom is -0.454 e. The third-order valence-electron chi connectivity index (χ3n) is 3.32. The van der Waals surface area contributed by atoms with E-state index in [4.69, 9.17) is 9.47 Å². The van der Waals surface area contributed by atoms with Crippen molar-refractivity contribution < 1.29 is 9.47 Å². The van der Waals surface area contributed by atoms with Crippen molar-refractivity contribution in [2.45, 2.75) is 0 Å². The zero-order valence-electron chi connectivity index (χ0n) is 10.2. The molecular weight excluding hydrogens is 238 g/mol. The molecule has 0 unspecified atom stereocenters. The standard InChI is InChI=1S/C16H11NO2/c1-2-4-13-11(3-1)7-8-17-16(13)12-5-6-14-15(9-12)19-10-18-14/h1-9H,10H2. The van der Waals surface area contributed by atoms with E-state index < -0.39 is 0 Å². The van der Waals surface area contributed by atoms with Gasteiger partial charge in [-0.15, -0.1) is 0 Å². The Labute approximate surface area is 110 Å². The maximum Gasteiger partial charge on any atom is 0.231 e. The van der Waals surface area contributed by atoms with E-state index in [1.54, 1.807) is 0 Å². The second-order valence-corrected chi connectivity index (χ2v) is 4.45. The summed E-state index contributed by atoms with van der Waals surface area (Å²) in [6, 6.07) is 16.2. The molecule has 2 heterocycles. The number of ether oxygens (including phenoxy) is 2. The molecule has 1 aliphatic rings. The molecule has 1 aliphatic heterocycles. The van der Waals surface area contributed by atoms with E-state index in [1.165, 1.54) is 5.39 Å². The number of hydrogen-bond acceptors (Lipinski definition) is 3.